The number of methoxy groups -OCH3 is 1. The summed E-state index contributed by atoms with van der Waals surface area (Å²) in [6.45, 7) is 3.64. The van der Waals surface area contributed by atoms with Crippen LogP contribution in [0.3, 0.4) is 0 Å². The lowest BCUT2D eigenvalue weighted by Crippen LogP contribution is -2.28. The van der Waals surface area contributed by atoms with Gasteiger partial charge in [0.05, 0.1) is 7.11 Å². The number of benzene rings is 3. The summed E-state index contributed by atoms with van der Waals surface area (Å²) in [7, 11) is -2.87. The lowest BCUT2D eigenvalue weighted by atomic mass is 9.93. The van der Waals surface area contributed by atoms with E-state index in [0.717, 1.165) is 10.8 Å². The van der Waals surface area contributed by atoms with Gasteiger partial charge in [-0.15, -0.1) is 0 Å². The van der Waals surface area contributed by atoms with Crippen LogP contribution in [0.15, 0.2) is 76.8 Å². The van der Waals surface area contributed by atoms with Crippen molar-refractivity contribution in [2.45, 2.75) is 24.8 Å². The molecule has 0 heterocycles. The monoisotopic (exact) mass is 413 g/mol. The van der Waals surface area contributed by atoms with Gasteiger partial charge in [-0.05, 0) is 28.8 Å². The predicted octanol–water partition coefficient (Wildman–Crippen LogP) is 3.97. The molecule has 6 nitrogen and oxygen atoms in total. The summed E-state index contributed by atoms with van der Waals surface area (Å²) in [5.74, 6) is -0.0518. The molecule has 7 heteroatoms. The minimum Gasteiger partial charge on any atom is -0.495 e. The van der Waals surface area contributed by atoms with E-state index in [0.29, 0.717) is 5.56 Å². The molecule has 0 aliphatic heterocycles. The molecule has 1 N–H and O–H groups in total. The van der Waals surface area contributed by atoms with Crippen LogP contribution in [0.4, 0.5) is 0 Å². The first-order valence-electron chi connectivity index (χ1n) is 9.16. The van der Waals surface area contributed by atoms with E-state index in [4.69, 9.17) is 9.02 Å². The molecule has 0 amide bonds. The average molecular weight is 413 g/mol. The number of hydrogen-bond donors (Lipinski definition) is 1. The van der Waals surface area contributed by atoms with Crippen LogP contribution >= 0.6 is 0 Å². The topological polar surface area (TPSA) is 85.2 Å². The van der Waals surface area contributed by atoms with Gasteiger partial charge in [0.25, 0.3) is 0 Å². The molecule has 0 radical (unpaired) electrons. The van der Waals surface area contributed by atoms with E-state index in [-0.39, 0.29) is 22.3 Å². The third-order valence-electron chi connectivity index (χ3n) is 4.55. The Morgan fingerprint density at radius 3 is 2.34 bits per heavy atom. The van der Waals surface area contributed by atoms with Gasteiger partial charge < -0.3 is 9.84 Å². The Morgan fingerprint density at radius 1 is 0.966 bits per heavy atom. The van der Waals surface area contributed by atoms with Gasteiger partial charge in [-0.1, -0.05) is 73.6 Å². The van der Waals surface area contributed by atoms with Crippen LogP contribution in [0.1, 0.15) is 19.4 Å². The third-order valence-corrected chi connectivity index (χ3v) is 5.70. The minimum atomic E-state index is -4.24. The van der Waals surface area contributed by atoms with Gasteiger partial charge in [0, 0.05) is 5.56 Å². The second-order valence-electron chi connectivity index (χ2n) is 6.87. The first-order chi connectivity index (χ1) is 13.8. The summed E-state index contributed by atoms with van der Waals surface area (Å²) < 4.78 is 35.5. The molecule has 1 unspecified atom stereocenters. The van der Waals surface area contributed by atoms with E-state index in [1.54, 1.807) is 18.2 Å². The number of hydrogen-bond acceptors (Lipinski definition) is 6. The van der Waals surface area contributed by atoms with Crippen LogP contribution < -0.4 is 4.74 Å². The highest BCUT2D eigenvalue weighted by Gasteiger charge is 2.25. The quantitative estimate of drug-likeness (QED) is 0.468. The molecular formula is C22H23NO5S. The van der Waals surface area contributed by atoms with Crippen LogP contribution in [-0.2, 0) is 14.4 Å². The number of para-hydroxylation sites is 1. The average Bonchev–Trinajstić information content (AvgIpc) is 2.73. The molecule has 3 aromatic carbocycles. The third kappa shape index (κ3) is 4.41. The summed E-state index contributed by atoms with van der Waals surface area (Å²) in [5, 5.41) is 16.4. The van der Waals surface area contributed by atoms with E-state index < -0.39 is 16.2 Å². The lowest BCUT2D eigenvalue weighted by Gasteiger charge is -2.18. The van der Waals surface area contributed by atoms with Crippen molar-refractivity contribution in [3.63, 3.8) is 0 Å². The van der Waals surface area contributed by atoms with Crippen LogP contribution in [0.5, 0.6) is 5.75 Å². The molecule has 0 saturated heterocycles. The van der Waals surface area contributed by atoms with E-state index in [2.05, 4.69) is 5.16 Å². The Labute approximate surface area is 170 Å². The van der Waals surface area contributed by atoms with Crippen LogP contribution in [-0.4, -0.2) is 32.4 Å². The second kappa shape index (κ2) is 8.63. The van der Waals surface area contributed by atoms with Crippen molar-refractivity contribution in [2.75, 3.05) is 7.11 Å². The molecule has 0 saturated carbocycles. The van der Waals surface area contributed by atoms with Gasteiger partial charge in [0.1, 0.15) is 22.5 Å². The number of rotatable bonds is 7. The lowest BCUT2D eigenvalue weighted by molar-refractivity contribution is 0.186. The predicted molar refractivity (Wildman–Crippen MR) is 113 cm³/mol. The number of oxime groups is 1. The zero-order chi connectivity index (χ0) is 21.0. The summed E-state index contributed by atoms with van der Waals surface area (Å²) in [5.41, 5.74) is 0.759. The maximum atomic E-state index is 12.7. The fourth-order valence-electron chi connectivity index (χ4n) is 2.98. The highest BCUT2D eigenvalue weighted by molar-refractivity contribution is 7.86. The minimum absolute atomic E-state index is 0.137. The maximum Gasteiger partial charge on any atom is 0.362 e. The molecule has 3 aromatic rings. The van der Waals surface area contributed by atoms with Gasteiger partial charge in [-0.2, -0.15) is 8.42 Å². The van der Waals surface area contributed by atoms with Crippen molar-refractivity contribution in [3.05, 3.63) is 72.3 Å². The normalized spacial score (nSPS) is 13.5. The highest BCUT2D eigenvalue weighted by Crippen LogP contribution is 2.26. The number of fused-ring (bicyclic) bond motifs is 1. The van der Waals surface area contributed by atoms with E-state index in [1.807, 2.05) is 50.2 Å². The van der Waals surface area contributed by atoms with Gasteiger partial charge in [-0.3, -0.25) is 4.28 Å². The zero-order valence-electron chi connectivity index (χ0n) is 16.4. The number of aliphatic hydroxyl groups is 1. The van der Waals surface area contributed by atoms with Gasteiger partial charge in [0.2, 0.25) is 0 Å². The highest BCUT2D eigenvalue weighted by atomic mass is 32.2. The fraction of sp³-hybridized carbons (Fsp3) is 0.227. The van der Waals surface area contributed by atoms with Crippen molar-refractivity contribution in [1.29, 1.82) is 0 Å². The van der Waals surface area contributed by atoms with Crippen molar-refractivity contribution >= 4 is 26.6 Å². The molecule has 0 spiro atoms. The first-order valence-corrected chi connectivity index (χ1v) is 10.6. The smallest absolute Gasteiger partial charge is 0.362 e. The molecule has 1 atom stereocenters. The Balaban J connectivity index is 2.09. The van der Waals surface area contributed by atoms with Gasteiger partial charge in [0.15, 0.2) is 0 Å². The number of nitrogens with zero attached hydrogens (tertiary/aromatic N) is 1. The van der Waals surface area contributed by atoms with Crippen LogP contribution in [0.2, 0.25) is 0 Å². The van der Waals surface area contributed by atoms with E-state index in [1.165, 1.54) is 19.2 Å². The van der Waals surface area contributed by atoms with E-state index in [9.17, 15) is 13.5 Å². The fourth-order valence-corrected chi connectivity index (χ4v) is 3.88. The largest absolute Gasteiger partial charge is 0.495 e. The molecule has 0 aromatic heterocycles. The van der Waals surface area contributed by atoms with Crippen LogP contribution in [0, 0.1) is 5.92 Å². The molecule has 152 valence electrons. The zero-order valence-corrected chi connectivity index (χ0v) is 17.3. The van der Waals surface area contributed by atoms with E-state index >= 15 is 0 Å². The Hall–Kier alpha value is -2.90. The molecular weight excluding hydrogens is 390 g/mol. The second-order valence-corrected chi connectivity index (χ2v) is 8.37. The first kappa shape index (κ1) is 20.8. The van der Waals surface area contributed by atoms with Crippen molar-refractivity contribution in [1.82, 2.24) is 0 Å². The number of aliphatic hydroxyl groups excluding tert-OH is 1. The summed E-state index contributed by atoms with van der Waals surface area (Å²) in [6, 6.07) is 19.3. The number of ether oxygens (including phenoxy) is 1. The Kier molecular flexibility index (Phi) is 6.20. The Morgan fingerprint density at radius 2 is 1.62 bits per heavy atom. The van der Waals surface area contributed by atoms with Crippen LogP contribution in [0.25, 0.3) is 10.8 Å². The molecule has 0 aliphatic rings. The molecule has 0 aliphatic carbocycles. The molecule has 29 heavy (non-hydrogen) atoms. The van der Waals surface area contributed by atoms with Crippen molar-refractivity contribution in [2.24, 2.45) is 11.1 Å². The van der Waals surface area contributed by atoms with Gasteiger partial charge >= 0.3 is 10.1 Å². The molecule has 0 bridgehead atoms. The van der Waals surface area contributed by atoms with Crippen molar-refractivity contribution < 1.29 is 22.5 Å². The maximum absolute atomic E-state index is 12.7. The molecule has 0 fully saturated rings. The van der Waals surface area contributed by atoms with Crippen molar-refractivity contribution in [3.8, 4) is 5.75 Å². The molecule has 3 rings (SSSR count). The Bertz CT molecular complexity index is 1130. The standard InChI is InChI=1S/C22H23NO5S/c1-15(2)22(24)21(18-12-8-10-16-9-4-5-11-17(16)18)23-28-29(25,26)20-14-7-6-13-19(20)27-3/h4-15,22,24H,1-3H3/b23-21-. The summed E-state index contributed by atoms with van der Waals surface area (Å²) >= 11 is 0. The SMILES string of the molecule is COc1ccccc1S(=O)(=O)O/N=C(/c1cccc2ccccc12)C(O)C(C)C. The van der Waals surface area contributed by atoms with Gasteiger partial charge in [-0.25, -0.2) is 0 Å². The summed E-state index contributed by atoms with van der Waals surface area (Å²) in [6.07, 6.45) is -1.02. The summed E-state index contributed by atoms with van der Waals surface area (Å²) in [4.78, 5) is -0.137.